The summed E-state index contributed by atoms with van der Waals surface area (Å²) in [7, 11) is 1.50. The predicted octanol–water partition coefficient (Wildman–Crippen LogP) is -0.964. The molecular weight excluding hydrogens is 222 g/mol. The average Bonchev–Trinajstić information content (AvgIpc) is 2.45. The number of aliphatic hydroxyl groups is 1. The lowest BCUT2D eigenvalue weighted by atomic mass is 10.1. The Morgan fingerprint density at radius 1 is 1.73 bits per heavy atom. The molecule has 0 fully saturated rings. The fourth-order valence-corrected chi connectivity index (χ4v) is 1.65. The van der Waals surface area contributed by atoms with Gasteiger partial charge in [0.15, 0.2) is 10.8 Å². The Bertz CT molecular complexity index is 422. The van der Waals surface area contributed by atoms with E-state index in [2.05, 4.69) is 10.2 Å². The highest BCUT2D eigenvalue weighted by molar-refractivity contribution is 7.99. The molecule has 0 radical (unpaired) electrons. The minimum atomic E-state index is -1.83. The molecule has 7 nitrogen and oxygen atoms in total. The van der Waals surface area contributed by atoms with E-state index in [1.807, 2.05) is 0 Å². The van der Waals surface area contributed by atoms with Crippen molar-refractivity contribution in [3.05, 3.63) is 10.5 Å². The molecule has 3 N–H and O–H groups in total. The normalized spacial score (nSPS) is 14.9. The van der Waals surface area contributed by atoms with Gasteiger partial charge in [-0.3, -0.25) is 4.57 Å². The van der Waals surface area contributed by atoms with Crippen molar-refractivity contribution in [2.45, 2.75) is 17.7 Å². The maximum absolute atomic E-state index is 11.0. The van der Waals surface area contributed by atoms with E-state index in [-0.39, 0.29) is 11.4 Å². The van der Waals surface area contributed by atoms with E-state index in [0.29, 0.717) is 5.16 Å². The monoisotopic (exact) mass is 233 g/mol. The highest BCUT2D eigenvalue weighted by Crippen LogP contribution is 2.19. The fraction of sp³-hybridized carbons (Fsp3) is 0.571. The molecule has 0 saturated carbocycles. The van der Waals surface area contributed by atoms with Crippen LogP contribution in [0.25, 0.3) is 0 Å². The molecule has 0 aromatic carbocycles. The molecule has 15 heavy (non-hydrogen) atoms. The van der Waals surface area contributed by atoms with Crippen molar-refractivity contribution < 1.29 is 15.0 Å². The van der Waals surface area contributed by atoms with E-state index in [1.54, 1.807) is 0 Å². The number of aromatic nitrogens is 3. The number of nitrogens with zero attached hydrogens (tertiary/aromatic N) is 2. The Morgan fingerprint density at radius 2 is 2.33 bits per heavy atom. The standard InChI is InChI=1S/C7H11N3O4S/c1-7(14,4(11)12)3-15-6-9-8-5(13)10(6)2/h14H,3H2,1-2H3,(H,8,13)(H,11,12). The zero-order valence-electron chi connectivity index (χ0n) is 8.22. The van der Waals surface area contributed by atoms with Crippen LogP contribution in [0.2, 0.25) is 0 Å². The zero-order chi connectivity index (χ0) is 11.6. The second kappa shape index (κ2) is 4.07. The van der Waals surface area contributed by atoms with Crippen LogP contribution in [-0.4, -0.2) is 42.3 Å². The smallest absolute Gasteiger partial charge is 0.343 e. The van der Waals surface area contributed by atoms with E-state index in [9.17, 15) is 14.7 Å². The first-order valence-electron chi connectivity index (χ1n) is 4.04. The van der Waals surface area contributed by atoms with Gasteiger partial charge in [-0.1, -0.05) is 11.8 Å². The van der Waals surface area contributed by atoms with E-state index in [4.69, 9.17) is 5.11 Å². The van der Waals surface area contributed by atoms with Crippen LogP contribution in [0.4, 0.5) is 0 Å². The van der Waals surface area contributed by atoms with Crippen LogP contribution < -0.4 is 5.69 Å². The van der Waals surface area contributed by atoms with Gasteiger partial charge in [-0.05, 0) is 6.92 Å². The minimum absolute atomic E-state index is 0.0829. The molecule has 1 aromatic heterocycles. The number of nitrogens with one attached hydrogen (secondary N) is 1. The van der Waals surface area contributed by atoms with Crippen molar-refractivity contribution in [1.82, 2.24) is 14.8 Å². The van der Waals surface area contributed by atoms with Crippen molar-refractivity contribution in [2.24, 2.45) is 7.05 Å². The molecule has 0 bridgehead atoms. The van der Waals surface area contributed by atoms with Crippen LogP contribution in [0.5, 0.6) is 0 Å². The Hall–Kier alpha value is -1.28. The molecule has 1 heterocycles. The molecule has 1 aromatic rings. The van der Waals surface area contributed by atoms with E-state index < -0.39 is 11.6 Å². The first-order chi connectivity index (χ1) is 6.84. The molecule has 0 aliphatic carbocycles. The number of carboxylic acid groups (broad SMARTS) is 1. The summed E-state index contributed by atoms with van der Waals surface area (Å²) in [5, 5.41) is 24.2. The number of aliphatic carboxylic acids is 1. The molecular formula is C7H11N3O4S. The first kappa shape index (κ1) is 11.8. The molecule has 1 rings (SSSR count). The van der Waals surface area contributed by atoms with Gasteiger partial charge in [0, 0.05) is 12.8 Å². The molecule has 0 amide bonds. The summed E-state index contributed by atoms with van der Waals surface area (Å²) in [5.41, 5.74) is -2.22. The fourth-order valence-electron chi connectivity index (χ4n) is 0.728. The van der Waals surface area contributed by atoms with Crippen LogP contribution in [-0.2, 0) is 11.8 Å². The van der Waals surface area contributed by atoms with E-state index >= 15 is 0 Å². The average molecular weight is 233 g/mol. The third-order valence-corrected chi connectivity index (χ3v) is 3.11. The number of carbonyl (C=O) groups is 1. The number of aromatic amines is 1. The van der Waals surface area contributed by atoms with Crippen LogP contribution in [0.3, 0.4) is 0 Å². The molecule has 1 unspecified atom stereocenters. The van der Waals surface area contributed by atoms with E-state index in [0.717, 1.165) is 11.8 Å². The maximum atomic E-state index is 11.0. The lowest BCUT2D eigenvalue weighted by Crippen LogP contribution is -2.37. The van der Waals surface area contributed by atoms with Gasteiger partial charge in [-0.2, -0.15) is 0 Å². The van der Waals surface area contributed by atoms with Gasteiger partial charge in [0.2, 0.25) is 0 Å². The lowest BCUT2D eigenvalue weighted by molar-refractivity contribution is -0.154. The first-order valence-corrected chi connectivity index (χ1v) is 5.03. The largest absolute Gasteiger partial charge is 0.479 e. The summed E-state index contributed by atoms with van der Waals surface area (Å²) < 4.78 is 1.24. The Balaban J connectivity index is 2.70. The minimum Gasteiger partial charge on any atom is -0.479 e. The third kappa shape index (κ3) is 2.60. The molecule has 0 aliphatic rings. The van der Waals surface area contributed by atoms with Gasteiger partial charge in [-0.15, -0.1) is 5.10 Å². The molecule has 8 heteroatoms. The van der Waals surface area contributed by atoms with Crippen LogP contribution in [0.1, 0.15) is 6.92 Å². The summed E-state index contributed by atoms with van der Waals surface area (Å²) in [6, 6.07) is 0. The highest BCUT2D eigenvalue weighted by Gasteiger charge is 2.30. The third-order valence-electron chi connectivity index (χ3n) is 1.78. The van der Waals surface area contributed by atoms with Crippen LogP contribution in [0.15, 0.2) is 9.95 Å². The Kier molecular flexibility index (Phi) is 3.20. The maximum Gasteiger partial charge on any atom is 0.343 e. The number of H-pyrrole nitrogens is 1. The number of rotatable bonds is 4. The Morgan fingerprint density at radius 3 is 2.73 bits per heavy atom. The zero-order valence-corrected chi connectivity index (χ0v) is 9.04. The summed E-state index contributed by atoms with van der Waals surface area (Å²) in [6.07, 6.45) is 0. The van der Waals surface area contributed by atoms with E-state index in [1.165, 1.54) is 18.5 Å². The molecule has 84 valence electrons. The second-order valence-electron chi connectivity index (χ2n) is 3.24. The summed E-state index contributed by atoms with van der Waals surface area (Å²) in [5.74, 6) is -1.39. The predicted molar refractivity (Wildman–Crippen MR) is 52.8 cm³/mol. The van der Waals surface area contributed by atoms with Crippen molar-refractivity contribution in [3.8, 4) is 0 Å². The van der Waals surface area contributed by atoms with Gasteiger partial charge in [-0.25, -0.2) is 14.7 Å². The molecule has 1 atom stereocenters. The molecule has 0 aliphatic heterocycles. The lowest BCUT2D eigenvalue weighted by Gasteiger charge is -2.16. The van der Waals surface area contributed by atoms with Gasteiger partial charge >= 0.3 is 11.7 Å². The van der Waals surface area contributed by atoms with Crippen molar-refractivity contribution >= 4 is 17.7 Å². The topological polar surface area (TPSA) is 108 Å². The van der Waals surface area contributed by atoms with Gasteiger partial charge in [0.1, 0.15) is 0 Å². The van der Waals surface area contributed by atoms with Gasteiger partial charge < -0.3 is 10.2 Å². The number of hydrogen-bond donors (Lipinski definition) is 3. The van der Waals surface area contributed by atoms with Crippen molar-refractivity contribution in [1.29, 1.82) is 0 Å². The summed E-state index contributed by atoms with van der Waals surface area (Å²) >= 11 is 0.993. The Labute approximate surface area is 89.1 Å². The highest BCUT2D eigenvalue weighted by atomic mass is 32.2. The summed E-state index contributed by atoms with van der Waals surface area (Å²) in [6.45, 7) is 1.19. The SMILES string of the molecule is Cn1c(SCC(C)(O)C(=O)O)n[nH]c1=O. The number of carboxylic acids is 1. The molecule has 0 spiro atoms. The number of hydrogen-bond acceptors (Lipinski definition) is 5. The van der Waals surface area contributed by atoms with Crippen molar-refractivity contribution in [3.63, 3.8) is 0 Å². The quantitative estimate of drug-likeness (QED) is 0.578. The van der Waals surface area contributed by atoms with Crippen molar-refractivity contribution in [2.75, 3.05) is 5.75 Å². The number of thioether (sulfide) groups is 1. The van der Waals surface area contributed by atoms with Crippen LogP contribution in [0, 0.1) is 0 Å². The molecule has 0 saturated heterocycles. The van der Waals surface area contributed by atoms with Crippen LogP contribution >= 0.6 is 11.8 Å². The summed E-state index contributed by atoms with van der Waals surface area (Å²) in [4.78, 5) is 21.5. The van der Waals surface area contributed by atoms with Gasteiger partial charge in [0.25, 0.3) is 0 Å². The van der Waals surface area contributed by atoms with Gasteiger partial charge in [0.05, 0.1) is 0 Å². The second-order valence-corrected chi connectivity index (χ2v) is 4.18.